The SMILES string of the molecule is CCCCCCCCCCC=CCCCCC=O. The minimum Gasteiger partial charge on any atom is -0.303 e. The van der Waals surface area contributed by atoms with Crippen molar-refractivity contribution in [1.82, 2.24) is 0 Å². The predicted octanol–water partition coefficient (Wildman–Crippen LogP) is 5.83. The third-order valence-electron chi connectivity index (χ3n) is 3.33. The van der Waals surface area contributed by atoms with Gasteiger partial charge in [0.15, 0.2) is 0 Å². The van der Waals surface area contributed by atoms with Gasteiger partial charge in [-0.05, 0) is 32.1 Å². The van der Waals surface area contributed by atoms with Crippen molar-refractivity contribution in [2.75, 3.05) is 0 Å². The molecule has 0 heterocycles. The molecule has 0 aromatic heterocycles. The van der Waals surface area contributed by atoms with Crippen molar-refractivity contribution >= 4 is 6.29 Å². The van der Waals surface area contributed by atoms with Gasteiger partial charge in [0.05, 0.1) is 0 Å². The minimum absolute atomic E-state index is 0.728. The molecular formula is C17H32O. The molecule has 0 spiro atoms. The van der Waals surface area contributed by atoms with Gasteiger partial charge < -0.3 is 4.79 Å². The van der Waals surface area contributed by atoms with E-state index in [1.807, 2.05) is 0 Å². The molecule has 0 atom stereocenters. The van der Waals surface area contributed by atoms with Crippen molar-refractivity contribution in [3.05, 3.63) is 12.2 Å². The largest absolute Gasteiger partial charge is 0.303 e. The number of hydrogen-bond acceptors (Lipinski definition) is 1. The van der Waals surface area contributed by atoms with E-state index in [1.54, 1.807) is 0 Å². The van der Waals surface area contributed by atoms with Crippen LogP contribution in [0.25, 0.3) is 0 Å². The minimum atomic E-state index is 0.728. The van der Waals surface area contributed by atoms with E-state index in [0.717, 1.165) is 32.0 Å². The maximum Gasteiger partial charge on any atom is 0.119 e. The van der Waals surface area contributed by atoms with Crippen LogP contribution in [-0.4, -0.2) is 6.29 Å². The Hall–Kier alpha value is -0.590. The van der Waals surface area contributed by atoms with Gasteiger partial charge in [0.1, 0.15) is 6.29 Å². The smallest absolute Gasteiger partial charge is 0.119 e. The van der Waals surface area contributed by atoms with Crippen LogP contribution in [0.15, 0.2) is 12.2 Å². The lowest BCUT2D eigenvalue weighted by Gasteiger charge is -1.99. The molecule has 0 N–H and O–H groups in total. The highest BCUT2D eigenvalue weighted by molar-refractivity contribution is 5.48. The zero-order valence-corrected chi connectivity index (χ0v) is 12.3. The first-order valence-electron chi connectivity index (χ1n) is 8.00. The van der Waals surface area contributed by atoms with Gasteiger partial charge in [0.25, 0.3) is 0 Å². The predicted molar refractivity (Wildman–Crippen MR) is 80.9 cm³/mol. The molecule has 0 unspecified atom stereocenters. The normalized spacial score (nSPS) is 11.2. The number of rotatable bonds is 14. The summed E-state index contributed by atoms with van der Waals surface area (Å²) >= 11 is 0. The van der Waals surface area contributed by atoms with Crippen LogP contribution in [0.3, 0.4) is 0 Å². The second-order valence-electron chi connectivity index (χ2n) is 5.19. The van der Waals surface area contributed by atoms with E-state index in [0.29, 0.717) is 0 Å². The number of unbranched alkanes of at least 4 members (excludes halogenated alkanes) is 11. The van der Waals surface area contributed by atoms with E-state index >= 15 is 0 Å². The molecule has 1 heteroatoms. The zero-order chi connectivity index (χ0) is 13.3. The summed E-state index contributed by atoms with van der Waals surface area (Å²) in [7, 11) is 0. The molecule has 0 bridgehead atoms. The summed E-state index contributed by atoms with van der Waals surface area (Å²) in [6.07, 6.45) is 22.1. The van der Waals surface area contributed by atoms with Gasteiger partial charge in [-0.15, -0.1) is 0 Å². The highest BCUT2D eigenvalue weighted by Gasteiger charge is 1.90. The van der Waals surface area contributed by atoms with Crippen LogP contribution in [0.4, 0.5) is 0 Å². The third kappa shape index (κ3) is 15.4. The fourth-order valence-electron chi connectivity index (χ4n) is 2.12. The summed E-state index contributed by atoms with van der Waals surface area (Å²) < 4.78 is 0. The number of carbonyl (C=O) groups is 1. The Morgan fingerprint density at radius 1 is 0.611 bits per heavy atom. The lowest BCUT2D eigenvalue weighted by Crippen LogP contribution is -1.80. The maximum atomic E-state index is 10.1. The molecule has 0 aliphatic rings. The third-order valence-corrected chi connectivity index (χ3v) is 3.33. The van der Waals surface area contributed by atoms with Crippen LogP contribution in [0.1, 0.15) is 90.4 Å². The molecule has 0 aliphatic carbocycles. The lowest BCUT2D eigenvalue weighted by molar-refractivity contribution is -0.107. The molecule has 0 rings (SSSR count). The first kappa shape index (κ1) is 17.4. The van der Waals surface area contributed by atoms with E-state index in [1.165, 1.54) is 57.8 Å². The van der Waals surface area contributed by atoms with E-state index in [9.17, 15) is 4.79 Å². The first-order chi connectivity index (χ1) is 8.91. The number of hydrogen-bond donors (Lipinski definition) is 0. The number of allylic oxidation sites excluding steroid dienone is 2. The Morgan fingerprint density at radius 3 is 1.61 bits per heavy atom. The van der Waals surface area contributed by atoms with Crippen molar-refractivity contribution in [2.45, 2.75) is 90.4 Å². The average molecular weight is 252 g/mol. The molecule has 18 heavy (non-hydrogen) atoms. The van der Waals surface area contributed by atoms with Gasteiger partial charge >= 0.3 is 0 Å². The second-order valence-corrected chi connectivity index (χ2v) is 5.19. The quantitative estimate of drug-likeness (QED) is 0.216. The molecule has 0 aromatic rings. The Labute approximate surface area is 114 Å². The summed E-state index contributed by atoms with van der Waals surface area (Å²) in [5.74, 6) is 0. The highest BCUT2D eigenvalue weighted by atomic mass is 16.1. The average Bonchev–Trinajstić information content (AvgIpc) is 2.39. The standard InChI is InChI=1S/C17H32O/c1-2-3-4-5-6-7-8-9-10-11-12-13-14-15-16-17-18/h11-12,17H,2-10,13-16H2,1H3. The van der Waals surface area contributed by atoms with Gasteiger partial charge in [-0.25, -0.2) is 0 Å². The summed E-state index contributed by atoms with van der Waals surface area (Å²) in [6, 6.07) is 0. The van der Waals surface area contributed by atoms with Crippen molar-refractivity contribution in [2.24, 2.45) is 0 Å². The van der Waals surface area contributed by atoms with Gasteiger partial charge in [-0.2, -0.15) is 0 Å². The van der Waals surface area contributed by atoms with Gasteiger partial charge in [-0.3, -0.25) is 0 Å². The van der Waals surface area contributed by atoms with Crippen LogP contribution in [0.5, 0.6) is 0 Å². The summed E-state index contributed by atoms with van der Waals surface area (Å²) in [5, 5.41) is 0. The molecule has 0 saturated heterocycles. The summed E-state index contributed by atoms with van der Waals surface area (Å²) in [6.45, 7) is 2.27. The van der Waals surface area contributed by atoms with Crippen LogP contribution in [0, 0.1) is 0 Å². The monoisotopic (exact) mass is 252 g/mol. The Kier molecular flexibility index (Phi) is 15.9. The van der Waals surface area contributed by atoms with Gasteiger partial charge in [0, 0.05) is 6.42 Å². The maximum absolute atomic E-state index is 10.1. The molecule has 106 valence electrons. The Bertz CT molecular complexity index is 184. The Morgan fingerprint density at radius 2 is 1.06 bits per heavy atom. The fraction of sp³-hybridized carbons (Fsp3) is 0.824. The molecule has 0 aliphatic heterocycles. The summed E-state index contributed by atoms with van der Waals surface area (Å²) in [5.41, 5.74) is 0. The van der Waals surface area contributed by atoms with Crippen LogP contribution < -0.4 is 0 Å². The van der Waals surface area contributed by atoms with Crippen molar-refractivity contribution in [3.8, 4) is 0 Å². The molecule has 0 saturated carbocycles. The van der Waals surface area contributed by atoms with Gasteiger partial charge in [-0.1, -0.05) is 64.0 Å². The van der Waals surface area contributed by atoms with E-state index in [2.05, 4.69) is 19.1 Å². The molecule has 0 radical (unpaired) electrons. The van der Waals surface area contributed by atoms with E-state index in [-0.39, 0.29) is 0 Å². The van der Waals surface area contributed by atoms with Gasteiger partial charge in [0.2, 0.25) is 0 Å². The lowest BCUT2D eigenvalue weighted by atomic mass is 10.1. The molecule has 0 fully saturated rings. The van der Waals surface area contributed by atoms with Crippen molar-refractivity contribution < 1.29 is 4.79 Å². The molecule has 0 amide bonds. The zero-order valence-electron chi connectivity index (χ0n) is 12.3. The molecule has 1 nitrogen and oxygen atoms in total. The topological polar surface area (TPSA) is 17.1 Å². The summed E-state index contributed by atoms with van der Waals surface area (Å²) in [4.78, 5) is 10.1. The van der Waals surface area contributed by atoms with E-state index < -0.39 is 0 Å². The van der Waals surface area contributed by atoms with E-state index in [4.69, 9.17) is 0 Å². The Balaban J connectivity index is 3.01. The number of carbonyl (C=O) groups excluding carboxylic acids is 1. The number of aldehydes is 1. The second kappa shape index (κ2) is 16.4. The van der Waals surface area contributed by atoms with Crippen LogP contribution in [-0.2, 0) is 4.79 Å². The highest BCUT2D eigenvalue weighted by Crippen LogP contribution is 2.10. The molecule has 0 aromatic carbocycles. The molecular weight excluding hydrogens is 220 g/mol. The first-order valence-corrected chi connectivity index (χ1v) is 8.00. The fourth-order valence-corrected chi connectivity index (χ4v) is 2.12. The van der Waals surface area contributed by atoms with Crippen molar-refractivity contribution in [3.63, 3.8) is 0 Å². The van der Waals surface area contributed by atoms with Crippen LogP contribution in [0.2, 0.25) is 0 Å². The van der Waals surface area contributed by atoms with Crippen LogP contribution >= 0.6 is 0 Å². The van der Waals surface area contributed by atoms with Crippen molar-refractivity contribution in [1.29, 1.82) is 0 Å².